The first-order valence-electron chi connectivity index (χ1n) is 6.21. The monoisotopic (exact) mass is 329 g/mol. The summed E-state index contributed by atoms with van der Waals surface area (Å²) in [5, 5.41) is 2.82. The molecule has 1 aromatic carbocycles. The fourth-order valence-electron chi connectivity index (χ4n) is 1.52. The minimum absolute atomic E-state index is 0.0202. The fraction of sp³-hybridized carbons (Fsp3) is 0.500. The zero-order valence-electron chi connectivity index (χ0n) is 11.3. The Morgan fingerprint density at radius 3 is 2.95 bits per heavy atom. The molecule has 1 N–H and O–H groups in total. The van der Waals surface area contributed by atoms with E-state index in [1.807, 2.05) is 31.2 Å². The summed E-state index contributed by atoms with van der Waals surface area (Å²) in [6.45, 7) is 3.51. The molecule has 0 aliphatic carbocycles. The van der Waals surface area contributed by atoms with Gasteiger partial charge in [-0.1, -0.05) is 28.1 Å². The maximum atomic E-state index is 11.6. The molecule has 4 nitrogen and oxygen atoms in total. The lowest BCUT2D eigenvalue weighted by Gasteiger charge is -2.10. The van der Waals surface area contributed by atoms with Gasteiger partial charge < -0.3 is 14.8 Å². The first kappa shape index (κ1) is 16.0. The van der Waals surface area contributed by atoms with Crippen molar-refractivity contribution in [2.24, 2.45) is 0 Å². The van der Waals surface area contributed by atoms with Crippen LogP contribution in [0.25, 0.3) is 0 Å². The van der Waals surface area contributed by atoms with Crippen molar-refractivity contribution in [3.05, 3.63) is 29.8 Å². The SMILES string of the molecule is COCC(Br)CNC(=O)CCOc1cccc(C)c1. The van der Waals surface area contributed by atoms with Crippen LogP contribution in [0.15, 0.2) is 24.3 Å². The molecule has 106 valence electrons. The standard InChI is InChI=1S/C14H20BrNO3/c1-11-4-3-5-13(8-11)19-7-6-14(17)16-9-12(15)10-18-2/h3-5,8,12H,6-7,9-10H2,1-2H3,(H,16,17). The highest BCUT2D eigenvalue weighted by Crippen LogP contribution is 2.12. The zero-order chi connectivity index (χ0) is 14.1. The van der Waals surface area contributed by atoms with Crippen LogP contribution >= 0.6 is 15.9 Å². The van der Waals surface area contributed by atoms with Crippen molar-refractivity contribution in [2.75, 3.05) is 26.9 Å². The summed E-state index contributed by atoms with van der Waals surface area (Å²) in [6, 6.07) is 7.78. The van der Waals surface area contributed by atoms with Crippen molar-refractivity contribution in [3.8, 4) is 5.75 Å². The van der Waals surface area contributed by atoms with Gasteiger partial charge in [-0.05, 0) is 24.6 Å². The molecule has 1 rings (SSSR count). The van der Waals surface area contributed by atoms with Crippen LogP contribution in [0.1, 0.15) is 12.0 Å². The number of nitrogens with one attached hydrogen (secondary N) is 1. The van der Waals surface area contributed by atoms with E-state index >= 15 is 0 Å². The lowest BCUT2D eigenvalue weighted by Crippen LogP contribution is -2.32. The largest absolute Gasteiger partial charge is 0.493 e. The molecule has 1 atom stereocenters. The summed E-state index contributed by atoms with van der Waals surface area (Å²) in [7, 11) is 1.63. The highest BCUT2D eigenvalue weighted by atomic mass is 79.9. The van der Waals surface area contributed by atoms with Gasteiger partial charge in [0.05, 0.1) is 24.5 Å². The van der Waals surface area contributed by atoms with E-state index < -0.39 is 0 Å². The van der Waals surface area contributed by atoms with E-state index in [2.05, 4.69) is 21.2 Å². The van der Waals surface area contributed by atoms with Crippen LogP contribution in [-0.4, -0.2) is 37.6 Å². The minimum atomic E-state index is -0.0202. The zero-order valence-corrected chi connectivity index (χ0v) is 12.9. The van der Waals surface area contributed by atoms with Gasteiger partial charge in [0.2, 0.25) is 5.91 Å². The third-order valence-electron chi connectivity index (χ3n) is 2.46. The van der Waals surface area contributed by atoms with Crippen molar-refractivity contribution in [1.82, 2.24) is 5.32 Å². The summed E-state index contributed by atoms with van der Waals surface area (Å²) in [6.07, 6.45) is 0.348. The second-order valence-corrected chi connectivity index (χ2v) is 5.57. The molecule has 0 saturated heterocycles. The Labute approximate surface area is 122 Å². The molecule has 0 heterocycles. The van der Waals surface area contributed by atoms with E-state index in [1.165, 1.54) is 0 Å². The molecule has 0 aliphatic rings. The summed E-state index contributed by atoms with van der Waals surface area (Å²) < 4.78 is 10.5. The third-order valence-corrected chi connectivity index (χ3v) is 3.04. The molecule has 0 aliphatic heterocycles. The maximum absolute atomic E-state index is 11.6. The molecule has 0 bridgehead atoms. The Morgan fingerprint density at radius 1 is 1.47 bits per heavy atom. The van der Waals surface area contributed by atoms with Crippen molar-refractivity contribution in [3.63, 3.8) is 0 Å². The van der Waals surface area contributed by atoms with Gasteiger partial charge in [-0.15, -0.1) is 0 Å². The van der Waals surface area contributed by atoms with Crippen molar-refractivity contribution in [2.45, 2.75) is 18.2 Å². The van der Waals surface area contributed by atoms with Crippen LogP contribution in [0.4, 0.5) is 0 Å². The molecular weight excluding hydrogens is 310 g/mol. The summed E-state index contributed by atoms with van der Waals surface area (Å²) in [5.74, 6) is 0.777. The Bertz CT molecular complexity index is 398. The molecular formula is C14H20BrNO3. The number of halogens is 1. The normalized spacial score (nSPS) is 11.9. The number of methoxy groups -OCH3 is 1. The van der Waals surface area contributed by atoms with E-state index in [9.17, 15) is 4.79 Å². The van der Waals surface area contributed by atoms with Gasteiger partial charge in [-0.3, -0.25) is 4.79 Å². The molecule has 19 heavy (non-hydrogen) atoms. The van der Waals surface area contributed by atoms with E-state index in [-0.39, 0.29) is 10.7 Å². The molecule has 0 spiro atoms. The number of rotatable bonds is 8. The molecule has 1 aromatic rings. The Morgan fingerprint density at radius 2 is 2.26 bits per heavy atom. The van der Waals surface area contributed by atoms with E-state index in [1.54, 1.807) is 7.11 Å². The predicted octanol–water partition coefficient (Wildman–Crippen LogP) is 2.29. The Kier molecular flexibility index (Phi) is 7.52. The number of alkyl halides is 1. The number of hydrogen-bond donors (Lipinski definition) is 1. The highest BCUT2D eigenvalue weighted by molar-refractivity contribution is 9.09. The quantitative estimate of drug-likeness (QED) is 0.744. The van der Waals surface area contributed by atoms with Crippen LogP contribution in [-0.2, 0) is 9.53 Å². The van der Waals surface area contributed by atoms with Crippen LogP contribution in [0, 0.1) is 6.92 Å². The second-order valence-electron chi connectivity index (χ2n) is 4.27. The van der Waals surface area contributed by atoms with E-state index in [4.69, 9.17) is 9.47 Å². The lowest BCUT2D eigenvalue weighted by atomic mass is 10.2. The van der Waals surface area contributed by atoms with Gasteiger partial charge >= 0.3 is 0 Å². The van der Waals surface area contributed by atoms with Gasteiger partial charge in [0, 0.05) is 13.7 Å². The fourth-order valence-corrected chi connectivity index (χ4v) is 1.95. The average Bonchev–Trinajstić information content (AvgIpc) is 2.37. The number of carbonyl (C=O) groups is 1. The topological polar surface area (TPSA) is 47.6 Å². The van der Waals surface area contributed by atoms with Crippen LogP contribution < -0.4 is 10.1 Å². The second kappa shape index (κ2) is 8.93. The molecule has 0 saturated carbocycles. The third kappa shape index (κ3) is 7.18. The van der Waals surface area contributed by atoms with Crippen LogP contribution in [0.3, 0.4) is 0 Å². The highest BCUT2D eigenvalue weighted by Gasteiger charge is 2.06. The van der Waals surface area contributed by atoms with Gasteiger partial charge in [-0.25, -0.2) is 0 Å². The smallest absolute Gasteiger partial charge is 0.223 e. The van der Waals surface area contributed by atoms with Crippen LogP contribution in [0.5, 0.6) is 5.75 Å². The number of ether oxygens (including phenoxy) is 2. The number of carbonyl (C=O) groups excluding carboxylic acids is 1. The van der Waals surface area contributed by atoms with E-state index in [0.717, 1.165) is 11.3 Å². The van der Waals surface area contributed by atoms with Gasteiger partial charge in [0.15, 0.2) is 0 Å². The predicted molar refractivity (Wildman–Crippen MR) is 78.9 cm³/mol. The van der Waals surface area contributed by atoms with Crippen LogP contribution in [0.2, 0.25) is 0 Å². The van der Waals surface area contributed by atoms with E-state index in [0.29, 0.717) is 26.2 Å². The molecule has 0 aromatic heterocycles. The lowest BCUT2D eigenvalue weighted by molar-refractivity contribution is -0.121. The minimum Gasteiger partial charge on any atom is -0.493 e. The Balaban J connectivity index is 2.17. The van der Waals surface area contributed by atoms with Gasteiger partial charge in [0.1, 0.15) is 5.75 Å². The maximum Gasteiger partial charge on any atom is 0.223 e. The Hall–Kier alpha value is -1.07. The average molecular weight is 330 g/mol. The van der Waals surface area contributed by atoms with Crippen molar-refractivity contribution in [1.29, 1.82) is 0 Å². The molecule has 0 radical (unpaired) electrons. The van der Waals surface area contributed by atoms with Crippen molar-refractivity contribution >= 4 is 21.8 Å². The van der Waals surface area contributed by atoms with Gasteiger partial charge in [-0.2, -0.15) is 0 Å². The number of amides is 1. The summed E-state index contributed by atoms with van der Waals surface area (Å²) in [5.41, 5.74) is 1.14. The first-order chi connectivity index (χ1) is 9.11. The summed E-state index contributed by atoms with van der Waals surface area (Å²) in [4.78, 5) is 11.7. The molecule has 1 amide bonds. The number of hydrogen-bond acceptors (Lipinski definition) is 3. The van der Waals surface area contributed by atoms with Gasteiger partial charge in [0.25, 0.3) is 0 Å². The molecule has 0 fully saturated rings. The number of aryl methyl sites for hydroxylation is 1. The first-order valence-corrected chi connectivity index (χ1v) is 7.12. The molecule has 5 heteroatoms. The number of benzene rings is 1. The molecule has 1 unspecified atom stereocenters. The summed E-state index contributed by atoms with van der Waals surface area (Å²) >= 11 is 3.41. The van der Waals surface area contributed by atoms with Crippen molar-refractivity contribution < 1.29 is 14.3 Å².